The number of Topliss-reactive ketones (excluding diaryl/α,β-unsaturated/α-hetero) is 1. The quantitative estimate of drug-likeness (QED) is 0.218. The van der Waals surface area contributed by atoms with Gasteiger partial charge in [-0.15, -0.1) is 0 Å². The summed E-state index contributed by atoms with van der Waals surface area (Å²) in [4.78, 5) is 38.6. The number of carbonyl (C=O) groups excluding carboxylic acids is 3. The Morgan fingerprint density at radius 1 is 1.06 bits per heavy atom. The maximum absolute atomic E-state index is 13.0. The molecule has 7 heteroatoms. The first kappa shape index (κ1) is 23.1. The van der Waals surface area contributed by atoms with E-state index in [0.717, 1.165) is 12.8 Å². The fourth-order valence-corrected chi connectivity index (χ4v) is 3.73. The molecular formula is C25H27NO6. The van der Waals surface area contributed by atoms with Crippen LogP contribution in [0.25, 0.3) is 5.76 Å². The summed E-state index contributed by atoms with van der Waals surface area (Å²) in [6.07, 6.45) is 1.56. The molecule has 0 spiro atoms. The van der Waals surface area contributed by atoms with E-state index in [1.54, 1.807) is 48.5 Å². The molecule has 32 heavy (non-hydrogen) atoms. The van der Waals surface area contributed by atoms with Gasteiger partial charge < -0.3 is 19.5 Å². The second-order valence-corrected chi connectivity index (χ2v) is 7.47. The highest BCUT2D eigenvalue weighted by Crippen LogP contribution is 2.40. The number of aliphatic hydroxyl groups excluding tert-OH is 1. The molecule has 1 amide bonds. The van der Waals surface area contributed by atoms with Gasteiger partial charge >= 0.3 is 5.97 Å². The van der Waals surface area contributed by atoms with E-state index in [1.807, 2.05) is 13.8 Å². The van der Waals surface area contributed by atoms with Gasteiger partial charge in [0.2, 0.25) is 0 Å². The van der Waals surface area contributed by atoms with Crippen LogP contribution in [0.15, 0.2) is 54.1 Å². The number of nitrogens with zero attached hydrogens (tertiary/aromatic N) is 1. The zero-order valence-corrected chi connectivity index (χ0v) is 18.5. The number of hydrogen-bond donors (Lipinski definition) is 1. The first-order chi connectivity index (χ1) is 15.4. The molecule has 1 aliphatic heterocycles. The molecule has 0 radical (unpaired) electrons. The van der Waals surface area contributed by atoms with Gasteiger partial charge in [0, 0.05) is 19.0 Å². The molecule has 3 rings (SSSR count). The van der Waals surface area contributed by atoms with E-state index in [0.29, 0.717) is 35.8 Å². The van der Waals surface area contributed by atoms with E-state index < -0.39 is 23.7 Å². The molecule has 1 fully saturated rings. The summed E-state index contributed by atoms with van der Waals surface area (Å²) in [6, 6.07) is 12.6. The number of rotatable bonds is 8. The molecule has 1 aliphatic rings. The van der Waals surface area contributed by atoms with Gasteiger partial charge in [0.25, 0.3) is 11.7 Å². The van der Waals surface area contributed by atoms with E-state index in [-0.39, 0.29) is 11.3 Å². The van der Waals surface area contributed by atoms with Crippen LogP contribution in [0.5, 0.6) is 11.5 Å². The Morgan fingerprint density at radius 3 is 2.41 bits per heavy atom. The van der Waals surface area contributed by atoms with E-state index in [1.165, 1.54) is 11.8 Å². The standard InChI is InChI=1S/C25H27NO6/c1-4-6-14-26-22(17-10-12-19(13-11-17)32-16(3)27)21(24(29)25(26)30)23(28)18-8-7-9-20(15-18)31-5-2/h7-13,15,22,28H,4-6,14H2,1-3H3/b23-21-. The highest BCUT2D eigenvalue weighted by molar-refractivity contribution is 6.46. The van der Waals surface area contributed by atoms with Crippen LogP contribution in [0.2, 0.25) is 0 Å². The van der Waals surface area contributed by atoms with Gasteiger partial charge in [-0.05, 0) is 43.2 Å². The van der Waals surface area contributed by atoms with Crippen molar-refractivity contribution in [1.82, 2.24) is 4.90 Å². The van der Waals surface area contributed by atoms with Gasteiger partial charge in [-0.3, -0.25) is 14.4 Å². The highest BCUT2D eigenvalue weighted by Gasteiger charge is 2.45. The van der Waals surface area contributed by atoms with Crippen LogP contribution in [0.4, 0.5) is 0 Å². The minimum Gasteiger partial charge on any atom is -0.507 e. The fourth-order valence-electron chi connectivity index (χ4n) is 3.73. The average molecular weight is 437 g/mol. The molecule has 1 unspecified atom stereocenters. The first-order valence-electron chi connectivity index (χ1n) is 10.7. The fraction of sp³-hybridized carbons (Fsp3) is 0.320. The van der Waals surface area contributed by atoms with Crippen LogP contribution in [-0.2, 0) is 14.4 Å². The van der Waals surface area contributed by atoms with Gasteiger partial charge in [-0.25, -0.2) is 0 Å². The Hall–Kier alpha value is -3.61. The lowest BCUT2D eigenvalue weighted by Gasteiger charge is -2.25. The number of amides is 1. The lowest BCUT2D eigenvalue weighted by molar-refractivity contribution is -0.139. The van der Waals surface area contributed by atoms with Crippen LogP contribution in [0.3, 0.4) is 0 Å². The second-order valence-electron chi connectivity index (χ2n) is 7.47. The number of hydrogen-bond acceptors (Lipinski definition) is 6. The lowest BCUT2D eigenvalue weighted by atomic mass is 9.95. The molecule has 0 bridgehead atoms. The molecule has 0 aliphatic carbocycles. The third-order valence-corrected chi connectivity index (χ3v) is 5.17. The molecule has 7 nitrogen and oxygen atoms in total. The van der Waals surface area contributed by atoms with E-state index in [9.17, 15) is 19.5 Å². The Bertz CT molecular complexity index is 1040. The maximum Gasteiger partial charge on any atom is 0.308 e. The monoisotopic (exact) mass is 437 g/mol. The topological polar surface area (TPSA) is 93.1 Å². The Morgan fingerprint density at radius 2 is 1.78 bits per heavy atom. The molecule has 168 valence electrons. The number of aliphatic hydroxyl groups is 1. The molecule has 1 atom stereocenters. The number of benzene rings is 2. The molecule has 2 aromatic carbocycles. The van der Waals surface area contributed by atoms with Crippen LogP contribution in [0, 0.1) is 0 Å². The Labute approximate surface area is 187 Å². The summed E-state index contributed by atoms with van der Waals surface area (Å²) in [5, 5.41) is 11.1. The number of likely N-dealkylation sites (tertiary alicyclic amines) is 1. The maximum atomic E-state index is 13.0. The summed E-state index contributed by atoms with van der Waals surface area (Å²) in [5.74, 6) is -1.15. The molecule has 0 aromatic heterocycles. The number of ketones is 1. The minimum absolute atomic E-state index is 0.0278. The van der Waals surface area contributed by atoms with Crippen molar-refractivity contribution in [3.05, 3.63) is 65.2 Å². The van der Waals surface area contributed by atoms with Gasteiger partial charge in [0.05, 0.1) is 18.2 Å². The second kappa shape index (κ2) is 10.1. The van der Waals surface area contributed by atoms with Crippen molar-refractivity contribution in [2.45, 2.75) is 39.7 Å². The highest BCUT2D eigenvalue weighted by atomic mass is 16.5. The molecule has 2 aromatic rings. The van der Waals surface area contributed by atoms with Gasteiger partial charge in [0.1, 0.15) is 17.3 Å². The average Bonchev–Trinajstić information content (AvgIpc) is 3.02. The zero-order valence-electron chi connectivity index (χ0n) is 18.5. The van der Waals surface area contributed by atoms with E-state index in [4.69, 9.17) is 9.47 Å². The predicted octanol–water partition coefficient (Wildman–Crippen LogP) is 4.23. The summed E-state index contributed by atoms with van der Waals surface area (Å²) in [5.41, 5.74) is 1.06. The predicted molar refractivity (Wildman–Crippen MR) is 119 cm³/mol. The molecule has 0 saturated carbocycles. The van der Waals surface area contributed by atoms with Crippen molar-refractivity contribution in [2.75, 3.05) is 13.2 Å². The Balaban J connectivity index is 2.10. The van der Waals surface area contributed by atoms with Crippen molar-refractivity contribution in [3.8, 4) is 11.5 Å². The third kappa shape index (κ3) is 4.82. The van der Waals surface area contributed by atoms with Gasteiger partial charge in [-0.2, -0.15) is 0 Å². The largest absolute Gasteiger partial charge is 0.507 e. The van der Waals surface area contributed by atoms with Crippen LogP contribution < -0.4 is 9.47 Å². The Kier molecular flexibility index (Phi) is 7.30. The summed E-state index contributed by atoms with van der Waals surface area (Å²) in [6.45, 7) is 6.00. The van der Waals surface area contributed by atoms with E-state index in [2.05, 4.69) is 0 Å². The van der Waals surface area contributed by atoms with Crippen molar-refractivity contribution < 1.29 is 29.0 Å². The van der Waals surface area contributed by atoms with Crippen LogP contribution >= 0.6 is 0 Å². The van der Waals surface area contributed by atoms with Gasteiger partial charge in [0.15, 0.2) is 0 Å². The number of ether oxygens (including phenoxy) is 2. The van der Waals surface area contributed by atoms with Crippen LogP contribution in [-0.4, -0.2) is 40.8 Å². The van der Waals surface area contributed by atoms with Crippen molar-refractivity contribution in [2.24, 2.45) is 0 Å². The van der Waals surface area contributed by atoms with Crippen molar-refractivity contribution in [3.63, 3.8) is 0 Å². The van der Waals surface area contributed by atoms with Crippen molar-refractivity contribution in [1.29, 1.82) is 0 Å². The molecular weight excluding hydrogens is 410 g/mol. The third-order valence-electron chi connectivity index (χ3n) is 5.17. The summed E-state index contributed by atoms with van der Waals surface area (Å²) >= 11 is 0. The molecule has 1 N–H and O–H groups in total. The number of unbranched alkanes of at least 4 members (excludes halogenated alkanes) is 1. The molecule has 1 saturated heterocycles. The molecule has 1 heterocycles. The smallest absolute Gasteiger partial charge is 0.308 e. The van der Waals surface area contributed by atoms with Gasteiger partial charge in [-0.1, -0.05) is 37.6 Å². The summed E-state index contributed by atoms with van der Waals surface area (Å²) in [7, 11) is 0. The SMILES string of the molecule is CCCCN1C(=O)C(=O)/C(=C(\O)c2cccc(OCC)c2)C1c1ccc(OC(C)=O)cc1. The van der Waals surface area contributed by atoms with Crippen LogP contribution in [0.1, 0.15) is 50.8 Å². The minimum atomic E-state index is -0.747. The van der Waals surface area contributed by atoms with E-state index >= 15 is 0 Å². The van der Waals surface area contributed by atoms with Crippen molar-refractivity contribution >= 4 is 23.4 Å². The number of carbonyl (C=O) groups is 3. The normalized spacial score (nSPS) is 17.5. The first-order valence-corrected chi connectivity index (χ1v) is 10.7. The lowest BCUT2D eigenvalue weighted by Crippen LogP contribution is -2.30. The zero-order chi connectivity index (χ0) is 23.3. The summed E-state index contributed by atoms with van der Waals surface area (Å²) < 4.78 is 10.6. The number of esters is 1.